The van der Waals surface area contributed by atoms with Crippen LogP contribution in [-0.4, -0.2) is 9.04 Å². The van der Waals surface area contributed by atoms with Gasteiger partial charge in [-0.05, 0) is 10.1 Å². The van der Waals surface area contributed by atoms with Crippen molar-refractivity contribution in [2.45, 2.75) is 64.5 Å². The van der Waals surface area contributed by atoms with E-state index in [1.54, 1.807) is 0 Å². The van der Waals surface area contributed by atoms with Gasteiger partial charge in [0, 0.05) is 0 Å². The Hall–Kier alpha value is 0.177. The molecule has 0 spiro atoms. The molecule has 0 bridgehead atoms. The van der Waals surface area contributed by atoms with Crippen LogP contribution in [0.25, 0.3) is 0 Å². The molecule has 0 heterocycles. The number of hydrogen-bond donors (Lipinski definition) is 0. The standard InChI is InChI=1S/C10H23OSi/c1-7-9(3,4)12(11)10(5,6)8-2/h12H,7-8H2,1-6H3. The smallest absolute Gasteiger partial charge is 0.233 e. The third kappa shape index (κ3) is 2.59. The van der Waals surface area contributed by atoms with Gasteiger partial charge >= 0.3 is 0 Å². The van der Waals surface area contributed by atoms with E-state index >= 15 is 0 Å². The molecule has 0 aliphatic rings. The topological polar surface area (TPSA) is 19.9 Å². The van der Waals surface area contributed by atoms with Crippen molar-refractivity contribution in [3.05, 3.63) is 0 Å². The summed E-state index contributed by atoms with van der Waals surface area (Å²) in [5, 5.41) is 0.138. The molecule has 0 amide bonds. The lowest BCUT2D eigenvalue weighted by Gasteiger charge is -2.36. The van der Waals surface area contributed by atoms with Crippen molar-refractivity contribution in [3.63, 3.8) is 0 Å². The molecular weight excluding hydrogens is 164 g/mol. The SMILES string of the molecule is CCC(C)(C)[SiH]([O])C(C)(C)CC. The Morgan fingerprint density at radius 2 is 1.17 bits per heavy atom. The van der Waals surface area contributed by atoms with E-state index in [-0.39, 0.29) is 10.1 Å². The molecule has 0 N–H and O–H groups in total. The van der Waals surface area contributed by atoms with Gasteiger partial charge in [0.15, 0.2) is 0 Å². The summed E-state index contributed by atoms with van der Waals surface area (Å²) in [6, 6.07) is 0. The first-order valence-electron chi connectivity index (χ1n) is 4.93. The molecule has 0 saturated heterocycles. The molecule has 0 aromatic heterocycles. The van der Waals surface area contributed by atoms with Crippen molar-refractivity contribution in [2.24, 2.45) is 0 Å². The largest absolute Gasteiger partial charge is 0.301 e. The fraction of sp³-hybridized carbons (Fsp3) is 1.00. The predicted octanol–water partition coefficient (Wildman–Crippen LogP) is 3.52. The Bertz CT molecular complexity index is 125. The molecule has 0 aromatic rings. The van der Waals surface area contributed by atoms with Gasteiger partial charge in [-0.2, -0.15) is 0 Å². The van der Waals surface area contributed by atoms with Crippen molar-refractivity contribution < 1.29 is 4.80 Å². The second-order valence-electron chi connectivity index (χ2n) is 5.06. The average Bonchev–Trinajstić information content (AvgIpc) is 2.03. The van der Waals surface area contributed by atoms with Crippen molar-refractivity contribution in [1.82, 2.24) is 0 Å². The molecular formula is C10H23OSi. The predicted molar refractivity (Wildman–Crippen MR) is 56.5 cm³/mol. The minimum Gasteiger partial charge on any atom is -0.301 e. The molecule has 73 valence electrons. The van der Waals surface area contributed by atoms with Crippen LogP contribution in [0.3, 0.4) is 0 Å². The van der Waals surface area contributed by atoms with Crippen LogP contribution in [0.5, 0.6) is 0 Å². The average molecular weight is 187 g/mol. The van der Waals surface area contributed by atoms with Crippen LogP contribution in [0, 0.1) is 0 Å². The van der Waals surface area contributed by atoms with E-state index in [1.807, 2.05) is 0 Å². The van der Waals surface area contributed by atoms with Gasteiger partial charge in [0.2, 0.25) is 9.04 Å². The highest BCUT2D eigenvalue weighted by Crippen LogP contribution is 2.45. The maximum atomic E-state index is 12.2. The van der Waals surface area contributed by atoms with E-state index in [0.29, 0.717) is 0 Å². The summed E-state index contributed by atoms with van der Waals surface area (Å²) in [7, 11) is -1.87. The first kappa shape index (κ1) is 12.2. The minimum atomic E-state index is -1.87. The van der Waals surface area contributed by atoms with Crippen molar-refractivity contribution in [1.29, 1.82) is 0 Å². The van der Waals surface area contributed by atoms with Crippen LogP contribution < -0.4 is 0 Å². The van der Waals surface area contributed by atoms with Crippen LogP contribution in [0.4, 0.5) is 0 Å². The fourth-order valence-corrected chi connectivity index (χ4v) is 4.29. The van der Waals surface area contributed by atoms with Crippen LogP contribution in [0.2, 0.25) is 10.1 Å². The summed E-state index contributed by atoms with van der Waals surface area (Å²) in [5.41, 5.74) is 0. The van der Waals surface area contributed by atoms with E-state index in [1.165, 1.54) is 0 Å². The normalized spacial score (nSPS) is 14.0. The van der Waals surface area contributed by atoms with Gasteiger partial charge in [-0.1, -0.05) is 54.4 Å². The molecule has 0 fully saturated rings. The quantitative estimate of drug-likeness (QED) is 0.600. The van der Waals surface area contributed by atoms with Gasteiger partial charge in [0.05, 0.1) is 0 Å². The Labute approximate surface area is 78.9 Å². The lowest BCUT2D eigenvalue weighted by molar-refractivity contribution is 0.350. The van der Waals surface area contributed by atoms with Gasteiger partial charge in [-0.3, -0.25) is 0 Å². The van der Waals surface area contributed by atoms with E-state index < -0.39 is 9.04 Å². The molecule has 0 aliphatic heterocycles. The molecule has 0 aromatic carbocycles. The Kier molecular flexibility index (Phi) is 3.98. The maximum Gasteiger partial charge on any atom is 0.233 e. The lowest BCUT2D eigenvalue weighted by atomic mass is 10.1. The Balaban J connectivity index is 4.47. The first-order chi connectivity index (χ1) is 5.28. The molecule has 0 unspecified atom stereocenters. The lowest BCUT2D eigenvalue weighted by Crippen LogP contribution is -2.36. The van der Waals surface area contributed by atoms with Gasteiger partial charge in [0.25, 0.3) is 0 Å². The van der Waals surface area contributed by atoms with E-state index in [0.717, 1.165) is 12.8 Å². The summed E-state index contributed by atoms with van der Waals surface area (Å²) < 4.78 is 0. The summed E-state index contributed by atoms with van der Waals surface area (Å²) in [6.07, 6.45) is 2.05. The van der Waals surface area contributed by atoms with E-state index in [9.17, 15) is 4.80 Å². The summed E-state index contributed by atoms with van der Waals surface area (Å²) in [6.45, 7) is 12.8. The van der Waals surface area contributed by atoms with Gasteiger partial charge < -0.3 is 4.80 Å². The van der Waals surface area contributed by atoms with Crippen LogP contribution in [-0.2, 0) is 4.80 Å². The van der Waals surface area contributed by atoms with E-state index in [2.05, 4.69) is 41.5 Å². The first-order valence-corrected chi connectivity index (χ1v) is 6.56. The van der Waals surface area contributed by atoms with Gasteiger partial charge in [-0.15, -0.1) is 0 Å². The van der Waals surface area contributed by atoms with Crippen molar-refractivity contribution >= 4 is 9.04 Å². The fourth-order valence-electron chi connectivity index (χ4n) is 1.43. The van der Waals surface area contributed by atoms with Crippen molar-refractivity contribution in [3.8, 4) is 0 Å². The molecule has 0 rings (SSSR count). The minimum absolute atomic E-state index is 0.0690. The molecule has 0 saturated carbocycles. The van der Waals surface area contributed by atoms with Gasteiger partial charge in [0.1, 0.15) is 0 Å². The van der Waals surface area contributed by atoms with E-state index in [4.69, 9.17) is 0 Å². The molecule has 1 nitrogen and oxygen atoms in total. The Morgan fingerprint density at radius 3 is 1.33 bits per heavy atom. The molecule has 0 aliphatic carbocycles. The van der Waals surface area contributed by atoms with Crippen LogP contribution in [0.1, 0.15) is 54.4 Å². The maximum absolute atomic E-state index is 12.2. The van der Waals surface area contributed by atoms with Crippen LogP contribution in [0.15, 0.2) is 0 Å². The molecule has 0 atom stereocenters. The summed E-state index contributed by atoms with van der Waals surface area (Å²) >= 11 is 0. The summed E-state index contributed by atoms with van der Waals surface area (Å²) in [5.74, 6) is 0. The number of hydrogen-bond acceptors (Lipinski definition) is 0. The summed E-state index contributed by atoms with van der Waals surface area (Å²) in [4.78, 5) is 12.2. The molecule has 2 heteroatoms. The monoisotopic (exact) mass is 187 g/mol. The van der Waals surface area contributed by atoms with Gasteiger partial charge in [-0.25, -0.2) is 0 Å². The second-order valence-corrected chi connectivity index (χ2v) is 8.95. The Morgan fingerprint density at radius 1 is 0.917 bits per heavy atom. The third-order valence-electron chi connectivity index (χ3n) is 3.24. The highest BCUT2D eigenvalue weighted by Gasteiger charge is 2.41. The highest BCUT2D eigenvalue weighted by atomic mass is 28.3. The zero-order valence-electron chi connectivity index (χ0n) is 9.40. The zero-order chi connectivity index (χ0) is 9.99. The van der Waals surface area contributed by atoms with Crippen molar-refractivity contribution in [2.75, 3.05) is 0 Å². The van der Waals surface area contributed by atoms with Crippen LogP contribution >= 0.6 is 0 Å². The third-order valence-corrected chi connectivity index (χ3v) is 6.90. The molecule has 1 radical (unpaired) electrons. The second kappa shape index (κ2) is 3.92. The highest BCUT2D eigenvalue weighted by molar-refractivity contribution is 6.57. The molecule has 12 heavy (non-hydrogen) atoms. The zero-order valence-corrected chi connectivity index (χ0v) is 10.6. The number of rotatable bonds is 4.